The molecule has 0 amide bonds. The van der Waals surface area contributed by atoms with Crippen LogP contribution >= 0.6 is 0 Å². The van der Waals surface area contributed by atoms with Crippen molar-refractivity contribution in [2.75, 3.05) is 6.61 Å². The fourth-order valence-electron chi connectivity index (χ4n) is 4.22. The minimum absolute atomic E-state index is 0.334. The maximum absolute atomic E-state index is 14.7. The van der Waals surface area contributed by atoms with Crippen LogP contribution in [0.4, 0.5) is 39.5 Å². The first-order valence-corrected chi connectivity index (χ1v) is 12.8. The maximum Gasteiger partial charge on any atom is 0.426 e. The van der Waals surface area contributed by atoms with Crippen LogP contribution in [0.3, 0.4) is 0 Å². The van der Waals surface area contributed by atoms with Crippen molar-refractivity contribution in [3.05, 3.63) is 112 Å². The number of benzene rings is 2. The van der Waals surface area contributed by atoms with Crippen LogP contribution in [0.2, 0.25) is 0 Å². The van der Waals surface area contributed by atoms with Crippen LogP contribution in [-0.4, -0.2) is 19.0 Å². The highest BCUT2D eigenvalue weighted by atomic mass is 19.3. The number of hydrogen-bond acceptors (Lipinski definition) is 2. The number of hydrogen-bond donors (Lipinski definition) is 0. The van der Waals surface area contributed by atoms with Crippen LogP contribution in [0, 0.1) is 35.2 Å². The fourth-order valence-corrected chi connectivity index (χ4v) is 4.22. The lowest BCUT2D eigenvalue weighted by atomic mass is 9.87. The van der Waals surface area contributed by atoms with Gasteiger partial charge < -0.3 is 9.47 Å². The van der Waals surface area contributed by atoms with E-state index in [9.17, 15) is 39.5 Å². The molecular weight excluding hydrogens is 575 g/mol. The Morgan fingerprint density at radius 2 is 1.52 bits per heavy atom. The first kappa shape index (κ1) is 30.9. The van der Waals surface area contributed by atoms with Crippen molar-refractivity contribution in [3.63, 3.8) is 0 Å². The standard InChI is InChI=1S/C31H23F9O2/c1-2-3-10-41-20-7-5-19(6-8-20)31(39,40)42-21-15-23(32)22(24(33)16-21)9-4-17-11-25(34)29(26(35)12-17)18-13-27(36)30(38)28(37)14-18/h5-8,11-16,22-23,25,29H,2-3,10H2,1H3. The van der Waals surface area contributed by atoms with Crippen molar-refractivity contribution in [2.45, 2.75) is 44.1 Å². The topological polar surface area (TPSA) is 18.5 Å². The number of ether oxygens (including phenoxy) is 2. The zero-order valence-corrected chi connectivity index (χ0v) is 21.9. The van der Waals surface area contributed by atoms with Crippen LogP contribution in [-0.2, 0) is 10.8 Å². The van der Waals surface area contributed by atoms with E-state index in [1.807, 2.05) is 6.92 Å². The van der Waals surface area contributed by atoms with E-state index in [2.05, 4.69) is 16.6 Å². The second kappa shape index (κ2) is 12.8. The highest BCUT2D eigenvalue weighted by Crippen LogP contribution is 2.38. The molecule has 0 fully saturated rings. The summed E-state index contributed by atoms with van der Waals surface area (Å²) in [5.41, 5.74) is -1.42. The summed E-state index contributed by atoms with van der Waals surface area (Å²) >= 11 is 0. The lowest BCUT2D eigenvalue weighted by molar-refractivity contribution is -0.221. The van der Waals surface area contributed by atoms with Crippen LogP contribution in [0.5, 0.6) is 5.75 Å². The molecule has 0 bridgehead atoms. The summed E-state index contributed by atoms with van der Waals surface area (Å²) in [5.74, 6) is -7.16. The zero-order chi connectivity index (χ0) is 30.6. The molecule has 2 aliphatic carbocycles. The lowest BCUT2D eigenvalue weighted by Crippen LogP contribution is -2.22. The molecule has 0 saturated carbocycles. The zero-order valence-electron chi connectivity index (χ0n) is 21.9. The minimum Gasteiger partial charge on any atom is -0.494 e. The lowest BCUT2D eigenvalue weighted by Gasteiger charge is -2.23. The maximum atomic E-state index is 14.7. The first-order valence-electron chi connectivity index (χ1n) is 12.8. The third-order valence-electron chi connectivity index (χ3n) is 6.41. The molecule has 4 rings (SSSR count). The van der Waals surface area contributed by atoms with E-state index >= 15 is 0 Å². The summed E-state index contributed by atoms with van der Waals surface area (Å²) in [6, 6.07) is 5.66. The Labute approximate surface area is 235 Å². The molecule has 0 spiro atoms. The average molecular weight is 599 g/mol. The molecule has 2 aromatic carbocycles. The molecule has 2 aliphatic rings. The summed E-state index contributed by atoms with van der Waals surface area (Å²) in [5, 5.41) is 0. The van der Waals surface area contributed by atoms with Crippen molar-refractivity contribution in [1.82, 2.24) is 0 Å². The molecule has 42 heavy (non-hydrogen) atoms. The predicted octanol–water partition coefficient (Wildman–Crippen LogP) is 8.97. The largest absolute Gasteiger partial charge is 0.494 e. The summed E-state index contributed by atoms with van der Waals surface area (Å²) < 4.78 is 138. The molecule has 222 valence electrons. The van der Waals surface area contributed by atoms with Crippen molar-refractivity contribution in [2.24, 2.45) is 5.92 Å². The van der Waals surface area contributed by atoms with Gasteiger partial charge in [0.25, 0.3) is 0 Å². The quantitative estimate of drug-likeness (QED) is 0.131. The molecule has 0 N–H and O–H groups in total. The third kappa shape index (κ3) is 7.04. The van der Waals surface area contributed by atoms with Gasteiger partial charge in [0.2, 0.25) is 0 Å². The summed E-state index contributed by atoms with van der Waals surface area (Å²) in [4.78, 5) is 0. The van der Waals surface area contributed by atoms with Gasteiger partial charge >= 0.3 is 6.11 Å². The molecule has 0 aliphatic heterocycles. The van der Waals surface area contributed by atoms with Gasteiger partial charge in [0.1, 0.15) is 41.4 Å². The van der Waals surface area contributed by atoms with Crippen LogP contribution < -0.4 is 4.74 Å². The van der Waals surface area contributed by atoms with Gasteiger partial charge in [0.05, 0.1) is 18.1 Å². The van der Waals surface area contributed by atoms with Gasteiger partial charge in [-0.2, -0.15) is 8.78 Å². The van der Waals surface area contributed by atoms with Gasteiger partial charge in [-0.25, -0.2) is 30.7 Å². The van der Waals surface area contributed by atoms with E-state index in [0.29, 0.717) is 42.7 Å². The number of alkyl halides is 4. The first-order chi connectivity index (χ1) is 19.9. The normalized spacial score (nSPS) is 22.2. The van der Waals surface area contributed by atoms with E-state index in [-0.39, 0.29) is 5.57 Å². The summed E-state index contributed by atoms with van der Waals surface area (Å²) in [7, 11) is 0. The number of allylic oxidation sites excluding steroid dienone is 7. The Bertz CT molecular complexity index is 1470. The fraction of sp³-hybridized carbons (Fsp3) is 0.290. The van der Waals surface area contributed by atoms with Crippen molar-refractivity contribution < 1.29 is 49.0 Å². The van der Waals surface area contributed by atoms with Gasteiger partial charge in [0.15, 0.2) is 17.5 Å². The molecular formula is C31H23F9O2. The van der Waals surface area contributed by atoms with Gasteiger partial charge in [-0.15, -0.1) is 0 Å². The Hall–Kier alpha value is -4.07. The number of halogens is 9. The summed E-state index contributed by atoms with van der Waals surface area (Å²) in [6.07, 6.45) is -4.12. The highest BCUT2D eigenvalue weighted by Gasteiger charge is 2.37. The second-order valence-electron chi connectivity index (χ2n) is 9.51. The Morgan fingerprint density at radius 3 is 2.12 bits per heavy atom. The monoisotopic (exact) mass is 598 g/mol. The molecule has 11 heteroatoms. The number of rotatable bonds is 8. The van der Waals surface area contributed by atoms with Gasteiger partial charge in [-0.05, 0) is 66.6 Å². The number of unbranched alkanes of at least 4 members (excludes halogenated alkanes) is 1. The van der Waals surface area contributed by atoms with Crippen LogP contribution in [0.15, 0.2) is 83.7 Å². The molecule has 0 radical (unpaired) electrons. The molecule has 4 atom stereocenters. The molecule has 0 heterocycles. The van der Waals surface area contributed by atoms with E-state index in [4.69, 9.17) is 4.74 Å². The van der Waals surface area contributed by atoms with E-state index in [1.165, 1.54) is 12.1 Å². The Morgan fingerprint density at radius 1 is 0.857 bits per heavy atom. The third-order valence-corrected chi connectivity index (χ3v) is 6.41. The molecule has 2 nitrogen and oxygen atoms in total. The van der Waals surface area contributed by atoms with E-state index < -0.39 is 76.3 Å². The van der Waals surface area contributed by atoms with Gasteiger partial charge in [-0.3, -0.25) is 0 Å². The second-order valence-corrected chi connectivity index (χ2v) is 9.51. The van der Waals surface area contributed by atoms with Gasteiger partial charge in [0, 0.05) is 11.6 Å². The Kier molecular flexibility index (Phi) is 9.44. The van der Waals surface area contributed by atoms with Crippen molar-refractivity contribution in [1.29, 1.82) is 0 Å². The van der Waals surface area contributed by atoms with Crippen molar-refractivity contribution in [3.8, 4) is 17.6 Å². The van der Waals surface area contributed by atoms with Crippen molar-refractivity contribution >= 4 is 0 Å². The minimum atomic E-state index is -3.94. The molecule has 4 unspecified atom stereocenters. The van der Waals surface area contributed by atoms with Gasteiger partial charge in [-0.1, -0.05) is 25.2 Å². The molecule has 0 aromatic heterocycles. The van der Waals surface area contributed by atoms with E-state index in [1.54, 1.807) is 0 Å². The average Bonchev–Trinajstić information content (AvgIpc) is 2.91. The Balaban J connectivity index is 1.44. The predicted molar refractivity (Wildman–Crippen MR) is 136 cm³/mol. The highest BCUT2D eigenvalue weighted by molar-refractivity contribution is 5.48. The van der Waals surface area contributed by atoms with Crippen LogP contribution in [0.25, 0.3) is 0 Å². The summed E-state index contributed by atoms with van der Waals surface area (Å²) in [6.45, 7) is 2.38. The van der Waals surface area contributed by atoms with E-state index in [0.717, 1.165) is 31.1 Å². The molecule has 0 saturated heterocycles. The molecule has 2 aromatic rings. The smallest absolute Gasteiger partial charge is 0.426 e. The SMILES string of the molecule is CCCCOc1ccc(C(F)(F)OC2=CC(F)C(C#CC3=CC(F)C(c4cc(F)c(F)c(F)c4)C(F)=C3)C(F)=C2)cc1. The van der Waals surface area contributed by atoms with Crippen LogP contribution in [0.1, 0.15) is 36.8 Å².